The lowest BCUT2D eigenvalue weighted by atomic mass is 10.1. The molecular formula is C21H19N5O2. The second-order valence-corrected chi connectivity index (χ2v) is 6.01. The summed E-state index contributed by atoms with van der Waals surface area (Å²) in [5.41, 5.74) is 3.75. The molecule has 3 aromatic rings. The van der Waals surface area contributed by atoms with E-state index in [9.17, 15) is 5.26 Å². The van der Waals surface area contributed by atoms with Crippen LogP contribution in [0.5, 0.6) is 5.88 Å². The number of benzene rings is 1. The molecule has 0 saturated heterocycles. The van der Waals surface area contributed by atoms with Crippen molar-refractivity contribution in [2.45, 2.75) is 13.8 Å². The van der Waals surface area contributed by atoms with E-state index in [-0.39, 0.29) is 0 Å². The molecule has 0 spiro atoms. The van der Waals surface area contributed by atoms with E-state index in [4.69, 9.17) is 9.47 Å². The zero-order valence-corrected chi connectivity index (χ0v) is 15.9. The molecule has 0 amide bonds. The smallest absolute Gasteiger partial charge is 0.249 e. The van der Waals surface area contributed by atoms with E-state index in [2.05, 4.69) is 33.0 Å². The van der Waals surface area contributed by atoms with Crippen LogP contribution in [0, 0.1) is 37.0 Å². The van der Waals surface area contributed by atoms with E-state index in [0.717, 1.165) is 16.9 Å². The van der Waals surface area contributed by atoms with Crippen LogP contribution in [-0.2, 0) is 4.74 Å². The second kappa shape index (κ2) is 8.81. The van der Waals surface area contributed by atoms with Crippen molar-refractivity contribution in [3.63, 3.8) is 0 Å². The molecule has 0 N–H and O–H groups in total. The van der Waals surface area contributed by atoms with Crippen molar-refractivity contribution < 1.29 is 9.47 Å². The number of nitriles is 1. The Morgan fingerprint density at radius 3 is 2.57 bits per heavy atom. The van der Waals surface area contributed by atoms with Crippen molar-refractivity contribution in [3.05, 3.63) is 64.9 Å². The fourth-order valence-corrected chi connectivity index (χ4v) is 2.63. The average molecular weight is 373 g/mol. The second-order valence-electron chi connectivity index (χ2n) is 6.01. The topological polar surface area (TPSA) is 85.9 Å². The summed E-state index contributed by atoms with van der Waals surface area (Å²) in [5.74, 6) is 6.83. The van der Waals surface area contributed by atoms with E-state index in [1.807, 2.05) is 26.0 Å². The summed E-state index contributed by atoms with van der Waals surface area (Å²) in [7, 11) is 1.61. The third kappa shape index (κ3) is 4.35. The quantitative estimate of drug-likeness (QED) is 0.505. The molecule has 0 saturated carbocycles. The maximum absolute atomic E-state index is 9.26. The van der Waals surface area contributed by atoms with E-state index in [1.54, 1.807) is 36.3 Å². The zero-order chi connectivity index (χ0) is 19.9. The van der Waals surface area contributed by atoms with Crippen LogP contribution in [0.1, 0.15) is 28.2 Å². The summed E-state index contributed by atoms with van der Waals surface area (Å²) in [4.78, 5) is 8.24. The Balaban J connectivity index is 2.07. The van der Waals surface area contributed by atoms with E-state index >= 15 is 0 Å². The van der Waals surface area contributed by atoms with Crippen LogP contribution in [0.15, 0.2) is 36.7 Å². The van der Waals surface area contributed by atoms with Gasteiger partial charge in [0.25, 0.3) is 0 Å². The lowest BCUT2D eigenvalue weighted by Gasteiger charge is -2.06. The van der Waals surface area contributed by atoms with Gasteiger partial charge in [0, 0.05) is 19.5 Å². The maximum Gasteiger partial charge on any atom is 0.249 e. The Morgan fingerprint density at radius 2 is 1.86 bits per heavy atom. The fourth-order valence-electron chi connectivity index (χ4n) is 2.63. The summed E-state index contributed by atoms with van der Waals surface area (Å²) >= 11 is 0. The van der Waals surface area contributed by atoms with Crippen molar-refractivity contribution >= 4 is 0 Å². The molecule has 7 nitrogen and oxygen atoms in total. The minimum Gasteiger partial charge on any atom is -0.473 e. The van der Waals surface area contributed by atoms with Gasteiger partial charge < -0.3 is 9.47 Å². The zero-order valence-electron chi connectivity index (χ0n) is 15.9. The van der Waals surface area contributed by atoms with Gasteiger partial charge in [-0.15, -0.1) is 5.10 Å². The Morgan fingerprint density at radius 1 is 1.07 bits per heavy atom. The number of aromatic nitrogens is 4. The molecule has 3 rings (SSSR count). The van der Waals surface area contributed by atoms with Gasteiger partial charge in [0.05, 0.1) is 29.6 Å². The molecule has 0 aliphatic carbocycles. The molecule has 0 bridgehead atoms. The molecule has 1 aromatic carbocycles. The number of methoxy groups -OCH3 is 1. The Bertz CT molecular complexity index is 1070. The highest BCUT2D eigenvalue weighted by Crippen LogP contribution is 2.24. The fraction of sp³-hybridized carbons (Fsp3) is 0.238. The molecule has 0 atom stereocenters. The lowest BCUT2D eigenvalue weighted by Crippen LogP contribution is -2.06. The minimum absolute atomic E-state index is 0.348. The molecule has 28 heavy (non-hydrogen) atoms. The first-order chi connectivity index (χ1) is 13.6. The normalized spacial score (nSPS) is 10.1. The Labute approximate surface area is 163 Å². The van der Waals surface area contributed by atoms with Gasteiger partial charge in [-0.25, -0.2) is 14.6 Å². The van der Waals surface area contributed by atoms with Crippen molar-refractivity contribution in [3.8, 4) is 29.5 Å². The molecule has 0 radical (unpaired) electrons. The largest absolute Gasteiger partial charge is 0.473 e. The van der Waals surface area contributed by atoms with E-state index in [0.29, 0.717) is 36.0 Å². The molecule has 0 aliphatic rings. The van der Waals surface area contributed by atoms with Crippen LogP contribution in [0.25, 0.3) is 5.69 Å². The number of aryl methyl sites for hydroxylation is 1. The van der Waals surface area contributed by atoms with Gasteiger partial charge >= 0.3 is 0 Å². The van der Waals surface area contributed by atoms with Crippen molar-refractivity contribution in [1.29, 1.82) is 5.26 Å². The van der Waals surface area contributed by atoms with Crippen LogP contribution in [0.2, 0.25) is 0 Å². The highest BCUT2D eigenvalue weighted by molar-refractivity contribution is 5.52. The molecule has 2 aromatic heterocycles. The van der Waals surface area contributed by atoms with E-state index in [1.165, 1.54) is 0 Å². The van der Waals surface area contributed by atoms with Crippen LogP contribution in [0.3, 0.4) is 0 Å². The molecule has 2 heterocycles. The summed E-state index contributed by atoms with van der Waals surface area (Å²) in [6.45, 7) is 4.62. The first kappa shape index (κ1) is 19.1. The number of hydrogen-bond donors (Lipinski definition) is 0. The van der Waals surface area contributed by atoms with Gasteiger partial charge in [-0.2, -0.15) is 5.26 Å². The number of nitrogens with zero attached hydrogens (tertiary/aromatic N) is 5. The third-order valence-electron chi connectivity index (χ3n) is 3.91. The predicted molar refractivity (Wildman–Crippen MR) is 103 cm³/mol. The first-order valence-electron chi connectivity index (χ1n) is 8.65. The lowest BCUT2D eigenvalue weighted by molar-refractivity contribution is 0.143. The first-order valence-corrected chi connectivity index (χ1v) is 8.65. The van der Waals surface area contributed by atoms with Crippen molar-refractivity contribution in [1.82, 2.24) is 19.7 Å². The van der Waals surface area contributed by atoms with Crippen LogP contribution >= 0.6 is 0 Å². The van der Waals surface area contributed by atoms with Gasteiger partial charge in [0.15, 0.2) is 0 Å². The summed E-state index contributed by atoms with van der Waals surface area (Å²) in [5, 5.41) is 13.8. The average Bonchev–Trinajstić information content (AvgIpc) is 3.02. The standard InChI is InChI=1S/C21H19N5O2/c1-15-11-17(14-22)13-18(12-15)26-16(2)19(21(25-26)28-10-9-27-3)5-6-20-23-7-4-8-24-20/h4,7-8,11-13H,9-10H2,1-3H3. The van der Waals surface area contributed by atoms with Gasteiger partial charge in [-0.1, -0.05) is 5.92 Å². The predicted octanol–water partition coefficient (Wildman–Crippen LogP) is 2.58. The van der Waals surface area contributed by atoms with Crippen molar-refractivity contribution in [2.24, 2.45) is 0 Å². The molecular weight excluding hydrogens is 354 g/mol. The number of rotatable bonds is 5. The minimum atomic E-state index is 0.348. The monoisotopic (exact) mass is 373 g/mol. The number of ether oxygens (including phenoxy) is 2. The van der Waals surface area contributed by atoms with Crippen LogP contribution in [-0.4, -0.2) is 40.1 Å². The molecule has 7 heteroatoms. The van der Waals surface area contributed by atoms with Crippen LogP contribution in [0.4, 0.5) is 0 Å². The molecule has 0 aliphatic heterocycles. The Kier molecular flexibility index (Phi) is 6.01. The Hall–Kier alpha value is -3.68. The van der Waals surface area contributed by atoms with Crippen molar-refractivity contribution in [2.75, 3.05) is 20.3 Å². The summed E-state index contributed by atoms with van der Waals surface area (Å²) in [6, 6.07) is 9.47. The molecule has 0 fully saturated rings. The van der Waals surface area contributed by atoms with Gasteiger partial charge in [0.1, 0.15) is 12.2 Å². The third-order valence-corrected chi connectivity index (χ3v) is 3.91. The summed E-state index contributed by atoms with van der Waals surface area (Å²) in [6.07, 6.45) is 3.28. The SMILES string of the molecule is COCCOc1nn(-c2cc(C)cc(C#N)c2)c(C)c1C#Cc1ncccn1. The van der Waals surface area contributed by atoms with Gasteiger partial charge in [-0.3, -0.25) is 0 Å². The van der Waals surface area contributed by atoms with Gasteiger partial charge in [0.2, 0.25) is 11.7 Å². The number of hydrogen-bond acceptors (Lipinski definition) is 6. The van der Waals surface area contributed by atoms with Gasteiger partial charge in [-0.05, 0) is 49.6 Å². The highest BCUT2D eigenvalue weighted by Gasteiger charge is 2.16. The molecule has 140 valence electrons. The molecule has 0 unspecified atom stereocenters. The van der Waals surface area contributed by atoms with E-state index < -0.39 is 0 Å². The van der Waals surface area contributed by atoms with Crippen LogP contribution < -0.4 is 4.74 Å². The summed E-state index contributed by atoms with van der Waals surface area (Å²) < 4.78 is 12.5. The highest BCUT2D eigenvalue weighted by atomic mass is 16.5. The maximum atomic E-state index is 9.26.